The summed E-state index contributed by atoms with van der Waals surface area (Å²) in [6.45, 7) is 9.87. The van der Waals surface area contributed by atoms with Gasteiger partial charge < -0.3 is 9.64 Å². The highest BCUT2D eigenvalue weighted by molar-refractivity contribution is 8.03. The minimum absolute atomic E-state index is 0.196. The van der Waals surface area contributed by atoms with Crippen LogP contribution in [0.25, 0.3) is 0 Å². The van der Waals surface area contributed by atoms with Crippen LogP contribution in [0, 0.1) is 5.41 Å². The number of hydrogen-bond acceptors (Lipinski definition) is 3. The molecule has 18 heavy (non-hydrogen) atoms. The van der Waals surface area contributed by atoms with Crippen molar-refractivity contribution in [1.82, 2.24) is 0 Å². The third kappa shape index (κ3) is 2.66. The molecule has 3 heteroatoms. The van der Waals surface area contributed by atoms with E-state index in [-0.39, 0.29) is 5.41 Å². The van der Waals surface area contributed by atoms with Crippen LogP contribution in [-0.2, 0) is 0 Å². The van der Waals surface area contributed by atoms with Crippen LogP contribution in [0.3, 0.4) is 0 Å². The van der Waals surface area contributed by atoms with Gasteiger partial charge in [-0.2, -0.15) is 0 Å². The zero-order valence-electron chi connectivity index (χ0n) is 11.8. The smallest absolute Gasteiger partial charge is 0.121 e. The van der Waals surface area contributed by atoms with Crippen molar-refractivity contribution in [1.29, 1.82) is 0 Å². The highest BCUT2D eigenvalue weighted by atomic mass is 32.2. The van der Waals surface area contributed by atoms with Crippen LogP contribution < -0.4 is 9.64 Å². The third-order valence-corrected chi connectivity index (χ3v) is 3.92. The summed E-state index contributed by atoms with van der Waals surface area (Å²) in [5.74, 6) is 0.921. The van der Waals surface area contributed by atoms with Gasteiger partial charge in [-0.15, -0.1) is 0 Å². The van der Waals surface area contributed by atoms with Crippen LogP contribution in [0.4, 0.5) is 5.69 Å². The van der Waals surface area contributed by atoms with Crippen molar-refractivity contribution >= 4 is 17.4 Å². The number of methoxy groups -OCH3 is 1. The van der Waals surface area contributed by atoms with E-state index in [1.54, 1.807) is 7.11 Å². The largest absolute Gasteiger partial charge is 0.497 e. The fraction of sp³-hybridized carbons (Fsp3) is 0.467. The summed E-state index contributed by atoms with van der Waals surface area (Å²) in [5.41, 5.74) is 1.46. The molecule has 0 amide bonds. The van der Waals surface area contributed by atoms with Crippen LogP contribution in [0.2, 0.25) is 0 Å². The van der Waals surface area contributed by atoms with Crippen LogP contribution >= 0.6 is 11.8 Å². The molecular formula is C15H21NOS. The fourth-order valence-corrected chi connectivity index (χ4v) is 3.40. The van der Waals surface area contributed by atoms with Gasteiger partial charge in [0.05, 0.1) is 17.8 Å². The van der Waals surface area contributed by atoms with Gasteiger partial charge in [-0.3, -0.25) is 0 Å². The number of thioether (sulfide) groups is 1. The molecule has 0 aromatic heterocycles. The Labute approximate surface area is 114 Å². The molecule has 0 atom stereocenters. The molecule has 1 aromatic rings. The molecule has 1 aromatic carbocycles. The summed E-state index contributed by atoms with van der Waals surface area (Å²) in [7, 11) is 1.71. The lowest BCUT2D eigenvalue weighted by atomic mass is 9.97. The second-order valence-electron chi connectivity index (χ2n) is 5.53. The molecule has 1 heterocycles. The fourth-order valence-electron chi connectivity index (χ4n) is 2.01. The van der Waals surface area contributed by atoms with Crippen LogP contribution in [0.1, 0.15) is 27.7 Å². The summed E-state index contributed by atoms with van der Waals surface area (Å²) < 4.78 is 5.31. The number of anilines is 1. The van der Waals surface area contributed by atoms with Gasteiger partial charge in [0, 0.05) is 17.5 Å². The van der Waals surface area contributed by atoms with Crippen molar-refractivity contribution in [3.63, 3.8) is 0 Å². The van der Waals surface area contributed by atoms with E-state index in [0.717, 1.165) is 12.3 Å². The highest BCUT2D eigenvalue weighted by Gasteiger charge is 2.25. The van der Waals surface area contributed by atoms with Gasteiger partial charge in [0.2, 0.25) is 0 Å². The Morgan fingerprint density at radius 1 is 1.33 bits per heavy atom. The maximum absolute atomic E-state index is 5.31. The Morgan fingerprint density at radius 2 is 2.06 bits per heavy atom. The standard InChI is InChI=1S/C15H21NOS/c1-6-16-12-9-11(17-5)7-8-13(12)18-14(16)10-15(2,3)4/h7-10H,6H2,1-5H3/b14-10-. The molecule has 0 fully saturated rings. The van der Waals surface area contributed by atoms with Crippen molar-refractivity contribution in [2.45, 2.75) is 32.6 Å². The number of nitrogens with zero attached hydrogens (tertiary/aromatic N) is 1. The maximum atomic E-state index is 5.31. The van der Waals surface area contributed by atoms with E-state index >= 15 is 0 Å². The van der Waals surface area contributed by atoms with E-state index in [0.29, 0.717) is 0 Å². The minimum atomic E-state index is 0.196. The lowest BCUT2D eigenvalue weighted by molar-refractivity contribution is 0.414. The number of fused-ring (bicyclic) bond motifs is 1. The molecule has 0 N–H and O–H groups in total. The van der Waals surface area contributed by atoms with E-state index in [2.05, 4.69) is 50.8 Å². The summed E-state index contributed by atoms with van der Waals surface area (Å²) >= 11 is 1.85. The molecule has 0 radical (unpaired) electrons. The maximum Gasteiger partial charge on any atom is 0.121 e. The Morgan fingerprint density at radius 3 is 2.61 bits per heavy atom. The van der Waals surface area contributed by atoms with E-state index in [1.165, 1.54) is 15.6 Å². The Balaban J connectivity index is 2.40. The van der Waals surface area contributed by atoms with Crippen LogP contribution in [0.5, 0.6) is 5.75 Å². The Kier molecular flexibility index (Phi) is 3.62. The average molecular weight is 263 g/mol. The molecule has 0 spiro atoms. The first-order valence-electron chi connectivity index (χ1n) is 6.31. The zero-order valence-corrected chi connectivity index (χ0v) is 12.6. The number of hydrogen-bond donors (Lipinski definition) is 0. The molecule has 0 saturated carbocycles. The van der Waals surface area contributed by atoms with Gasteiger partial charge in [0.1, 0.15) is 5.75 Å². The summed E-state index contributed by atoms with van der Waals surface area (Å²) in [6, 6.07) is 6.29. The van der Waals surface area contributed by atoms with Crippen molar-refractivity contribution in [2.24, 2.45) is 5.41 Å². The van der Waals surface area contributed by atoms with E-state index in [1.807, 2.05) is 17.8 Å². The Hall–Kier alpha value is -1.09. The number of benzene rings is 1. The van der Waals surface area contributed by atoms with E-state index < -0.39 is 0 Å². The van der Waals surface area contributed by atoms with E-state index in [4.69, 9.17) is 4.74 Å². The monoisotopic (exact) mass is 263 g/mol. The lowest BCUT2D eigenvalue weighted by Gasteiger charge is -2.22. The first-order chi connectivity index (χ1) is 8.44. The summed E-state index contributed by atoms with van der Waals surface area (Å²) in [5, 5.41) is 1.33. The van der Waals surface area contributed by atoms with Gasteiger partial charge in [-0.05, 0) is 30.5 Å². The molecule has 1 aliphatic rings. The molecular weight excluding hydrogens is 242 g/mol. The quantitative estimate of drug-likeness (QED) is 0.778. The van der Waals surface area contributed by atoms with Crippen molar-refractivity contribution in [3.05, 3.63) is 29.3 Å². The number of allylic oxidation sites excluding steroid dienone is 1. The van der Waals surface area contributed by atoms with Crippen molar-refractivity contribution in [3.8, 4) is 5.75 Å². The van der Waals surface area contributed by atoms with Crippen molar-refractivity contribution in [2.75, 3.05) is 18.6 Å². The minimum Gasteiger partial charge on any atom is -0.497 e. The van der Waals surface area contributed by atoms with Gasteiger partial charge in [-0.25, -0.2) is 0 Å². The van der Waals surface area contributed by atoms with Gasteiger partial charge in [-0.1, -0.05) is 32.5 Å². The van der Waals surface area contributed by atoms with Gasteiger partial charge in [0.15, 0.2) is 0 Å². The molecule has 0 saturated heterocycles. The third-order valence-electron chi connectivity index (χ3n) is 2.81. The molecule has 2 nitrogen and oxygen atoms in total. The molecule has 1 aliphatic heterocycles. The summed E-state index contributed by atoms with van der Waals surface area (Å²) in [6.07, 6.45) is 2.34. The Bertz CT molecular complexity index is 474. The predicted octanol–water partition coefficient (Wildman–Crippen LogP) is 4.51. The van der Waals surface area contributed by atoms with E-state index in [9.17, 15) is 0 Å². The average Bonchev–Trinajstić information content (AvgIpc) is 2.62. The predicted molar refractivity (Wildman–Crippen MR) is 79.4 cm³/mol. The first kappa shape index (κ1) is 13.3. The number of ether oxygens (including phenoxy) is 1. The van der Waals surface area contributed by atoms with Crippen LogP contribution in [0.15, 0.2) is 34.2 Å². The van der Waals surface area contributed by atoms with Crippen LogP contribution in [-0.4, -0.2) is 13.7 Å². The molecule has 0 aliphatic carbocycles. The first-order valence-corrected chi connectivity index (χ1v) is 7.12. The molecule has 2 rings (SSSR count). The zero-order chi connectivity index (χ0) is 13.3. The highest BCUT2D eigenvalue weighted by Crippen LogP contribution is 2.48. The molecule has 0 unspecified atom stereocenters. The number of rotatable bonds is 2. The second kappa shape index (κ2) is 4.88. The lowest BCUT2D eigenvalue weighted by Crippen LogP contribution is -2.18. The van der Waals surface area contributed by atoms with Crippen molar-refractivity contribution < 1.29 is 4.74 Å². The molecule has 98 valence electrons. The SMILES string of the molecule is CCN1/C(=C/C(C)(C)C)Sc2ccc(OC)cc21. The summed E-state index contributed by atoms with van der Waals surface area (Å²) in [4.78, 5) is 3.67. The second-order valence-corrected chi connectivity index (χ2v) is 6.59. The topological polar surface area (TPSA) is 12.5 Å². The molecule has 0 bridgehead atoms. The van der Waals surface area contributed by atoms with Gasteiger partial charge >= 0.3 is 0 Å². The normalized spacial score (nSPS) is 17.2. The van der Waals surface area contributed by atoms with Gasteiger partial charge in [0.25, 0.3) is 0 Å².